The largest absolute Gasteiger partial charge is 0.497 e. The van der Waals surface area contributed by atoms with Gasteiger partial charge in [-0.1, -0.05) is 12.1 Å². The van der Waals surface area contributed by atoms with Gasteiger partial charge in [0, 0.05) is 23.5 Å². The predicted octanol–water partition coefficient (Wildman–Crippen LogP) is 3.50. The lowest BCUT2D eigenvalue weighted by Gasteiger charge is -2.30. The molecule has 132 valence electrons. The molecule has 1 fully saturated rings. The van der Waals surface area contributed by atoms with Crippen LogP contribution < -0.4 is 4.74 Å². The number of nitrogens with zero attached hydrogens (tertiary/aromatic N) is 3. The van der Waals surface area contributed by atoms with Gasteiger partial charge in [0.05, 0.1) is 13.7 Å². The monoisotopic (exact) mass is 340 g/mol. The van der Waals surface area contributed by atoms with Gasteiger partial charge in [-0.05, 0) is 55.6 Å². The Labute approximate surface area is 147 Å². The van der Waals surface area contributed by atoms with E-state index in [1.54, 1.807) is 7.11 Å². The average Bonchev–Trinajstić information content (AvgIpc) is 3.28. The van der Waals surface area contributed by atoms with Gasteiger partial charge < -0.3 is 14.2 Å². The van der Waals surface area contributed by atoms with Crippen LogP contribution in [0.4, 0.5) is 0 Å². The zero-order chi connectivity index (χ0) is 17.2. The van der Waals surface area contributed by atoms with E-state index in [9.17, 15) is 0 Å². The molecule has 3 aromatic rings. The van der Waals surface area contributed by atoms with Gasteiger partial charge in [0.15, 0.2) is 5.82 Å². The Morgan fingerprint density at radius 1 is 1.32 bits per heavy atom. The third-order valence-corrected chi connectivity index (χ3v) is 5.13. The van der Waals surface area contributed by atoms with Crippen molar-refractivity contribution < 1.29 is 9.26 Å². The van der Waals surface area contributed by atoms with E-state index in [0.29, 0.717) is 5.92 Å². The van der Waals surface area contributed by atoms with Crippen molar-refractivity contribution in [2.24, 2.45) is 0 Å². The molecule has 0 bridgehead atoms. The maximum Gasteiger partial charge on any atom is 0.240 e. The SMILES string of the molecule is CCc1noc(CN2CCC(c3c[nH]c4ccc(OC)cc34)CC2)n1. The molecule has 3 heterocycles. The summed E-state index contributed by atoms with van der Waals surface area (Å²) in [5.74, 6) is 3.00. The highest BCUT2D eigenvalue weighted by Gasteiger charge is 2.24. The lowest BCUT2D eigenvalue weighted by Crippen LogP contribution is -2.32. The van der Waals surface area contributed by atoms with Gasteiger partial charge >= 0.3 is 0 Å². The van der Waals surface area contributed by atoms with Crippen LogP contribution in [0.5, 0.6) is 5.75 Å². The fourth-order valence-electron chi connectivity index (χ4n) is 3.68. The number of hydrogen-bond acceptors (Lipinski definition) is 5. The van der Waals surface area contributed by atoms with Crippen molar-refractivity contribution in [1.82, 2.24) is 20.0 Å². The normalized spacial score (nSPS) is 16.6. The van der Waals surface area contributed by atoms with Crippen LogP contribution in [0.25, 0.3) is 10.9 Å². The summed E-state index contributed by atoms with van der Waals surface area (Å²) in [5, 5.41) is 5.26. The molecule has 0 atom stereocenters. The molecule has 1 aliphatic heterocycles. The molecule has 1 N–H and O–H groups in total. The topological polar surface area (TPSA) is 67.2 Å². The molecule has 1 aliphatic rings. The summed E-state index contributed by atoms with van der Waals surface area (Å²) in [6.07, 6.45) is 5.25. The fraction of sp³-hybridized carbons (Fsp3) is 0.474. The van der Waals surface area contributed by atoms with Gasteiger partial charge in [0.2, 0.25) is 5.89 Å². The fourth-order valence-corrected chi connectivity index (χ4v) is 3.68. The molecule has 1 saturated heterocycles. The summed E-state index contributed by atoms with van der Waals surface area (Å²) < 4.78 is 10.7. The van der Waals surface area contributed by atoms with Crippen LogP contribution in [0.1, 0.15) is 43.0 Å². The van der Waals surface area contributed by atoms with E-state index in [4.69, 9.17) is 9.26 Å². The number of rotatable bonds is 5. The predicted molar refractivity (Wildman–Crippen MR) is 95.8 cm³/mol. The van der Waals surface area contributed by atoms with Crippen LogP contribution in [-0.2, 0) is 13.0 Å². The Morgan fingerprint density at radius 2 is 2.16 bits per heavy atom. The maximum absolute atomic E-state index is 5.38. The minimum absolute atomic E-state index is 0.575. The Morgan fingerprint density at radius 3 is 2.88 bits per heavy atom. The molecular weight excluding hydrogens is 316 g/mol. The van der Waals surface area contributed by atoms with Gasteiger partial charge in [-0.3, -0.25) is 4.90 Å². The quantitative estimate of drug-likeness (QED) is 0.770. The molecule has 0 spiro atoms. The summed E-state index contributed by atoms with van der Waals surface area (Å²) in [4.78, 5) is 10.2. The first-order valence-electron chi connectivity index (χ1n) is 8.95. The summed E-state index contributed by atoms with van der Waals surface area (Å²) in [6, 6.07) is 6.23. The Kier molecular flexibility index (Phi) is 4.44. The minimum atomic E-state index is 0.575. The second-order valence-electron chi connectivity index (χ2n) is 6.66. The van der Waals surface area contributed by atoms with Crippen molar-refractivity contribution in [3.05, 3.63) is 41.7 Å². The lowest BCUT2D eigenvalue weighted by molar-refractivity contribution is 0.181. The number of aromatic nitrogens is 3. The number of ether oxygens (including phenoxy) is 1. The molecule has 1 aromatic carbocycles. The average molecular weight is 340 g/mol. The van der Waals surface area contributed by atoms with Crippen LogP contribution in [0.2, 0.25) is 0 Å². The van der Waals surface area contributed by atoms with Crippen molar-refractivity contribution in [2.75, 3.05) is 20.2 Å². The molecule has 6 nitrogen and oxygen atoms in total. The number of nitrogens with one attached hydrogen (secondary N) is 1. The van der Waals surface area contributed by atoms with Crippen molar-refractivity contribution in [3.63, 3.8) is 0 Å². The van der Waals surface area contributed by atoms with E-state index in [2.05, 4.69) is 38.4 Å². The first-order valence-corrected chi connectivity index (χ1v) is 8.95. The number of benzene rings is 1. The van der Waals surface area contributed by atoms with E-state index in [1.165, 1.54) is 16.5 Å². The van der Waals surface area contributed by atoms with Crippen LogP contribution in [-0.4, -0.2) is 40.2 Å². The highest BCUT2D eigenvalue weighted by atomic mass is 16.5. The smallest absolute Gasteiger partial charge is 0.240 e. The number of aromatic amines is 1. The van der Waals surface area contributed by atoms with Crippen LogP contribution in [0, 0.1) is 0 Å². The number of hydrogen-bond donors (Lipinski definition) is 1. The Bertz CT molecular complexity index is 846. The molecule has 4 rings (SSSR count). The van der Waals surface area contributed by atoms with Gasteiger partial charge in [0.1, 0.15) is 5.75 Å². The van der Waals surface area contributed by atoms with Crippen molar-refractivity contribution in [2.45, 2.75) is 38.6 Å². The van der Waals surface area contributed by atoms with Crippen LogP contribution in [0.15, 0.2) is 28.9 Å². The zero-order valence-electron chi connectivity index (χ0n) is 14.8. The maximum atomic E-state index is 5.38. The van der Waals surface area contributed by atoms with E-state index in [1.807, 2.05) is 13.0 Å². The highest BCUT2D eigenvalue weighted by Crippen LogP contribution is 2.34. The number of H-pyrrole nitrogens is 1. The molecule has 6 heteroatoms. The molecule has 0 amide bonds. The van der Waals surface area contributed by atoms with Gasteiger partial charge in [0.25, 0.3) is 0 Å². The van der Waals surface area contributed by atoms with Crippen LogP contribution in [0.3, 0.4) is 0 Å². The summed E-state index contributed by atoms with van der Waals surface area (Å²) >= 11 is 0. The third-order valence-electron chi connectivity index (χ3n) is 5.13. The minimum Gasteiger partial charge on any atom is -0.497 e. The van der Waals surface area contributed by atoms with E-state index < -0.39 is 0 Å². The van der Waals surface area contributed by atoms with Crippen molar-refractivity contribution >= 4 is 10.9 Å². The first kappa shape index (κ1) is 16.1. The molecule has 0 saturated carbocycles. The zero-order valence-corrected chi connectivity index (χ0v) is 14.8. The summed E-state index contributed by atoms with van der Waals surface area (Å²) in [5.41, 5.74) is 2.58. The molecule has 0 aliphatic carbocycles. The number of fused-ring (bicyclic) bond motifs is 1. The molecule has 25 heavy (non-hydrogen) atoms. The third kappa shape index (κ3) is 3.26. The lowest BCUT2D eigenvalue weighted by atomic mass is 9.89. The highest BCUT2D eigenvalue weighted by molar-refractivity contribution is 5.85. The second kappa shape index (κ2) is 6.88. The molecule has 0 radical (unpaired) electrons. The summed E-state index contributed by atoms with van der Waals surface area (Å²) in [7, 11) is 1.72. The number of methoxy groups -OCH3 is 1. The van der Waals surface area contributed by atoms with Gasteiger partial charge in [-0.15, -0.1) is 0 Å². The molecule has 2 aromatic heterocycles. The van der Waals surface area contributed by atoms with Crippen molar-refractivity contribution in [3.8, 4) is 5.75 Å². The number of likely N-dealkylation sites (tertiary alicyclic amines) is 1. The van der Waals surface area contributed by atoms with E-state index in [0.717, 1.165) is 56.4 Å². The standard InChI is InChI=1S/C19H24N4O2/c1-3-18-21-19(25-22-18)12-23-8-6-13(7-9-23)16-11-20-17-5-4-14(24-2)10-15(16)17/h4-5,10-11,13,20H,3,6-9,12H2,1-2H3. The van der Waals surface area contributed by atoms with Crippen LogP contribution >= 0.6 is 0 Å². The number of piperidine rings is 1. The Hall–Kier alpha value is -2.34. The van der Waals surface area contributed by atoms with E-state index in [-0.39, 0.29) is 0 Å². The van der Waals surface area contributed by atoms with Gasteiger partial charge in [-0.25, -0.2) is 0 Å². The Balaban J connectivity index is 1.43. The molecular formula is C19H24N4O2. The second-order valence-corrected chi connectivity index (χ2v) is 6.66. The van der Waals surface area contributed by atoms with Gasteiger partial charge in [-0.2, -0.15) is 4.98 Å². The first-order chi connectivity index (χ1) is 12.3. The van der Waals surface area contributed by atoms with Crippen molar-refractivity contribution in [1.29, 1.82) is 0 Å². The van der Waals surface area contributed by atoms with E-state index >= 15 is 0 Å². The summed E-state index contributed by atoms with van der Waals surface area (Å²) in [6.45, 7) is 4.88. The number of aryl methyl sites for hydroxylation is 1. The molecule has 0 unspecified atom stereocenters.